The van der Waals surface area contributed by atoms with E-state index in [-0.39, 0.29) is 5.82 Å². The molecular weight excluding hydrogens is 295 g/mol. The number of halogens is 2. The highest BCUT2D eigenvalue weighted by molar-refractivity contribution is 6.32. The molecule has 0 aliphatic carbocycles. The lowest BCUT2D eigenvalue weighted by atomic mass is 10.2. The maximum absolute atomic E-state index is 13.4. The second kappa shape index (κ2) is 6.41. The van der Waals surface area contributed by atoms with E-state index in [1.807, 2.05) is 0 Å². The van der Waals surface area contributed by atoms with Crippen molar-refractivity contribution in [1.82, 2.24) is 0 Å². The Bertz CT molecular complexity index is 711. The molecule has 0 saturated carbocycles. The maximum atomic E-state index is 13.4. The highest BCUT2D eigenvalue weighted by atomic mass is 35.5. The first-order valence-corrected chi connectivity index (χ1v) is 6.48. The van der Waals surface area contributed by atoms with Gasteiger partial charge in [0.2, 0.25) is 0 Å². The summed E-state index contributed by atoms with van der Waals surface area (Å²) in [6, 6.07) is 9.37. The van der Waals surface area contributed by atoms with Crippen LogP contribution < -0.4 is 4.74 Å². The molecule has 5 heteroatoms. The first kappa shape index (κ1) is 15.1. The maximum Gasteiger partial charge on any atom is 0.328 e. The molecule has 0 bridgehead atoms. The molecule has 0 aliphatic rings. The van der Waals surface area contributed by atoms with Crippen molar-refractivity contribution in [3.8, 4) is 11.5 Å². The van der Waals surface area contributed by atoms with E-state index in [4.69, 9.17) is 21.4 Å². The Morgan fingerprint density at radius 1 is 1.29 bits per heavy atom. The van der Waals surface area contributed by atoms with Crippen LogP contribution in [-0.2, 0) is 4.79 Å². The summed E-state index contributed by atoms with van der Waals surface area (Å²) >= 11 is 6.07. The molecule has 2 aromatic carbocycles. The Morgan fingerprint density at radius 2 is 2.05 bits per heavy atom. The summed E-state index contributed by atoms with van der Waals surface area (Å²) in [7, 11) is 0. The number of benzene rings is 2. The largest absolute Gasteiger partial charge is 0.478 e. The molecule has 0 unspecified atom stereocenters. The predicted molar refractivity (Wildman–Crippen MR) is 79.3 cm³/mol. The molecule has 108 valence electrons. The molecule has 0 aliphatic heterocycles. The van der Waals surface area contributed by atoms with E-state index < -0.39 is 5.97 Å². The average molecular weight is 307 g/mol. The Balaban J connectivity index is 2.21. The minimum atomic E-state index is -1.04. The Hall–Kier alpha value is -2.33. The zero-order valence-electron chi connectivity index (χ0n) is 11.1. The number of aliphatic carboxylic acids is 1. The molecule has 2 aromatic rings. The monoisotopic (exact) mass is 306 g/mol. The SMILES string of the molecule is Cc1ccc(Oc2ccc(/C=C/C(=O)O)cc2Cl)cc1F. The van der Waals surface area contributed by atoms with E-state index >= 15 is 0 Å². The molecule has 3 nitrogen and oxygen atoms in total. The van der Waals surface area contributed by atoms with Gasteiger partial charge < -0.3 is 9.84 Å². The number of aryl methyl sites for hydroxylation is 1. The van der Waals surface area contributed by atoms with Crippen LogP contribution in [0.2, 0.25) is 5.02 Å². The Kier molecular flexibility index (Phi) is 4.60. The number of hydrogen-bond donors (Lipinski definition) is 1. The molecular formula is C16H12ClFO3. The predicted octanol–water partition coefficient (Wildman–Crippen LogP) is 4.68. The van der Waals surface area contributed by atoms with Crippen molar-refractivity contribution in [2.75, 3.05) is 0 Å². The summed E-state index contributed by atoms with van der Waals surface area (Å²) in [4.78, 5) is 10.4. The molecule has 0 saturated heterocycles. The molecule has 0 spiro atoms. The number of carboxylic acids is 1. The van der Waals surface area contributed by atoms with Gasteiger partial charge in [-0.25, -0.2) is 9.18 Å². The van der Waals surface area contributed by atoms with Gasteiger partial charge in [0.05, 0.1) is 5.02 Å². The fourth-order valence-electron chi connectivity index (χ4n) is 1.64. The number of rotatable bonds is 4. The van der Waals surface area contributed by atoms with Gasteiger partial charge in [-0.05, 0) is 42.3 Å². The lowest BCUT2D eigenvalue weighted by molar-refractivity contribution is -0.131. The summed E-state index contributed by atoms with van der Waals surface area (Å²) in [5.74, 6) is -0.688. The second-order valence-corrected chi connectivity index (χ2v) is 4.78. The molecule has 0 radical (unpaired) electrons. The Labute approximate surface area is 126 Å². The molecule has 2 rings (SSSR count). The number of carboxylic acid groups (broad SMARTS) is 1. The van der Waals surface area contributed by atoms with E-state index in [0.29, 0.717) is 27.6 Å². The van der Waals surface area contributed by atoms with Crippen LogP contribution in [0.3, 0.4) is 0 Å². The van der Waals surface area contributed by atoms with Crippen LogP contribution in [0.1, 0.15) is 11.1 Å². The van der Waals surface area contributed by atoms with Crippen molar-refractivity contribution in [2.45, 2.75) is 6.92 Å². The van der Waals surface area contributed by atoms with Crippen LogP contribution in [0.5, 0.6) is 11.5 Å². The Morgan fingerprint density at radius 3 is 2.67 bits per heavy atom. The summed E-state index contributed by atoms with van der Waals surface area (Å²) in [5, 5.41) is 8.87. The molecule has 0 atom stereocenters. The van der Waals surface area contributed by atoms with E-state index in [1.165, 1.54) is 12.1 Å². The van der Waals surface area contributed by atoms with Gasteiger partial charge in [-0.15, -0.1) is 0 Å². The number of carbonyl (C=O) groups is 1. The van der Waals surface area contributed by atoms with Crippen molar-refractivity contribution in [3.63, 3.8) is 0 Å². The third-order valence-corrected chi connectivity index (χ3v) is 3.04. The summed E-state index contributed by atoms with van der Waals surface area (Å²) < 4.78 is 19.0. The molecule has 0 amide bonds. The van der Waals surface area contributed by atoms with Gasteiger partial charge in [0.1, 0.15) is 17.3 Å². The van der Waals surface area contributed by atoms with Crippen LogP contribution in [0, 0.1) is 12.7 Å². The highest BCUT2D eigenvalue weighted by Gasteiger charge is 2.06. The first-order valence-electron chi connectivity index (χ1n) is 6.10. The van der Waals surface area contributed by atoms with E-state index in [9.17, 15) is 9.18 Å². The third-order valence-electron chi connectivity index (χ3n) is 2.75. The molecule has 1 N–H and O–H groups in total. The molecule has 21 heavy (non-hydrogen) atoms. The first-order chi connectivity index (χ1) is 9.95. The molecule has 0 fully saturated rings. The van der Waals surface area contributed by atoms with Crippen molar-refractivity contribution in [3.05, 3.63) is 64.4 Å². The van der Waals surface area contributed by atoms with Crippen LogP contribution in [0.25, 0.3) is 6.08 Å². The van der Waals surface area contributed by atoms with E-state index in [0.717, 1.165) is 6.08 Å². The van der Waals surface area contributed by atoms with Crippen LogP contribution in [-0.4, -0.2) is 11.1 Å². The average Bonchev–Trinajstić information content (AvgIpc) is 2.43. The van der Waals surface area contributed by atoms with E-state index in [1.54, 1.807) is 37.3 Å². The van der Waals surface area contributed by atoms with Gasteiger partial charge in [0, 0.05) is 12.1 Å². The number of hydrogen-bond acceptors (Lipinski definition) is 2. The fraction of sp³-hybridized carbons (Fsp3) is 0.0625. The number of ether oxygens (including phenoxy) is 1. The van der Waals surface area contributed by atoms with Crippen LogP contribution >= 0.6 is 11.6 Å². The van der Waals surface area contributed by atoms with Gasteiger partial charge in [-0.1, -0.05) is 23.7 Å². The van der Waals surface area contributed by atoms with Crippen molar-refractivity contribution < 1.29 is 19.0 Å². The summed E-state index contributed by atoms with van der Waals surface area (Å²) in [6.07, 6.45) is 2.44. The lowest BCUT2D eigenvalue weighted by Gasteiger charge is -2.09. The van der Waals surface area contributed by atoms with Gasteiger partial charge in [0.25, 0.3) is 0 Å². The van der Waals surface area contributed by atoms with E-state index in [2.05, 4.69) is 0 Å². The van der Waals surface area contributed by atoms with Crippen molar-refractivity contribution in [2.24, 2.45) is 0 Å². The summed E-state index contributed by atoms with van der Waals surface area (Å²) in [5.41, 5.74) is 1.16. The van der Waals surface area contributed by atoms with Crippen molar-refractivity contribution in [1.29, 1.82) is 0 Å². The molecule has 0 heterocycles. The van der Waals surface area contributed by atoms with Gasteiger partial charge >= 0.3 is 5.97 Å². The minimum Gasteiger partial charge on any atom is -0.478 e. The van der Waals surface area contributed by atoms with Crippen LogP contribution in [0.4, 0.5) is 4.39 Å². The van der Waals surface area contributed by atoms with Gasteiger partial charge in [-0.3, -0.25) is 0 Å². The van der Waals surface area contributed by atoms with Gasteiger partial charge in [0.15, 0.2) is 0 Å². The summed E-state index contributed by atoms with van der Waals surface area (Å²) in [6.45, 7) is 1.66. The normalized spacial score (nSPS) is 10.8. The quantitative estimate of drug-likeness (QED) is 0.834. The lowest BCUT2D eigenvalue weighted by Crippen LogP contribution is -1.89. The second-order valence-electron chi connectivity index (χ2n) is 4.37. The fourth-order valence-corrected chi connectivity index (χ4v) is 1.86. The zero-order chi connectivity index (χ0) is 15.4. The smallest absolute Gasteiger partial charge is 0.328 e. The van der Waals surface area contributed by atoms with Crippen LogP contribution in [0.15, 0.2) is 42.5 Å². The zero-order valence-corrected chi connectivity index (χ0v) is 11.9. The highest BCUT2D eigenvalue weighted by Crippen LogP contribution is 2.31. The van der Waals surface area contributed by atoms with Crippen molar-refractivity contribution >= 4 is 23.6 Å². The standard InChI is InChI=1S/C16H12ClFO3/c1-10-2-5-12(9-14(10)18)21-15-6-3-11(8-13(15)17)4-7-16(19)20/h2-9H,1H3,(H,19,20)/b7-4+. The molecule has 0 aromatic heterocycles. The third kappa shape index (κ3) is 4.07. The minimum absolute atomic E-state index is 0.309. The topological polar surface area (TPSA) is 46.5 Å². The van der Waals surface area contributed by atoms with Gasteiger partial charge in [-0.2, -0.15) is 0 Å².